The Kier molecular flexibility index (Phi) is 1.69. The summed E-state index contributed by atoms with van der Waals surface area (Å²) in [7, 11) is 0. The van der Waals surface area contributed by atoms with Gasteiger partial charge in [0, 0.05) is 6.42 Å². The van der Waals surface area contributed by atoms with Crippen LogP contribution in [-0.2, 0) is 0 Å². The van der Waals surface area contributed by atoms with Crippen LogP contribution in [-0.4, -0.2) is 0 Å². The number of allylic oxidation sites excluding steroid dienone is 4. The maximum atomic E-state index is 12.3. The molecule has 0 aliphatic heterocycles. The fourth-order valence-electron chi connectivity index (χ4n) is 0.584. The Bertz CT molecular complexity index is 223. The number of hydrogen-bond acceptors (Lipinski definition) is 0. The summed E-state index contributed by atoms with van der Waals surface area (Å²) >= 11 is 0. The second-order valence-corrected chi connectivity index (χ2v) is 2.01. The maximum Gasteiger partial charge on any atom is 0.173 e. The minimum atomic E-state index is -0.341. The lowest BCUT2D eigenvalue weighted by atomic mass is 10.2. The van der Waals surface area contributed by atoms with Crippen molar-refractivity contribution in [3.8, 4) is 11.8 Å². The molecule has 46 valence electrons. The van der Waals surface area contributed by atoms with Crippen LogP contribution in [0.5, 0.6) is 0 Å². The summed E-state index contributed by atoms with van der Waals surface area (Å²) in [5, 5.41) is 0. The zero-order valence-corrected chi connectivity index (χ0v) is 5.24. The SMILES string of the molecule is CC1=CC=C(F)C#CC1. The molecule has 0 nitrogen and oxygen atoms in total. The van der Waals surface area contributed by atoms with Crippen LogP contribution in [0.2, 0.25) is 0 Å². The van der Waals surface area contributed by atoms with Crippen molar-refractivity contribution in [1.82, 2.24) is 0 Å². The highest BCUT2D eigenvalue weighted by molar-refractivity contribution is 5.32. The summed E-state index contributed by atoms with van der Waals surface area (Å²) in [6.45, 7) is 1.93. The van der Waals surface area contributed by atoms with Crippen molar-refractivity contribution in [1.29, 1.82) is 0 Å². The fourth-order valence-corrected chi connectivity index (χ4v) is 0.584. The van der Waals surface area contributed by atoms with E-state index in [0.29, 0.717) is 6.42 Å². The molecule has 0 heterocycles. The van der Waals surface area contributed by atoms with Crippen LogP contribution in [0.3, 0.4) is 0 Å². The van der Waals surface area contributed by atoms with Crippen LogP contribution >= 0.6 is 0 Å². The second kappa shape index (κ2) is 2.50. The number of rotatable bonds is 0. The summed E-state index contributed by atoms with van der Waals surface area (Å²) in [5.41, 5.74) is 1.11. The van der Waals surface area contributed by atoms with Crippen LogP contribution < -0.4 is 0 Å². The molecule has 0 atom stereocenters. The summed E-state index contributed by atoms with van der Waals surface area (Å²) in [6, 6.07) is 0. The monoisotopic (exact) mass is 122 g/mol. The summed E-state index contributed by atoms with van der Waals surface area (Å²) in [4.78, 5) is 0. The van der Waals surface area contributed by atoms with Gasteiger partial charge in [0.1, 0.15) is 0 Å². The van der Waals surface area contributed by atoms with Gasteiger partial charge in [0.05, 0.1) is 0 Å². The first-order valence-corrected chi connectivity index (χ1v) is 2.81. The first kappa shape index (κ1) is 6.10. The normalized spacial score (nSPS) is 16.7. The lowest BCUT2D eigenvalue weighted by Gasteiger charge is -1.84. The lowest BCUT2D eigenvalue weighted by molar-refractivity contribution is 0.676. The molecule has 0 saturated heterocycles. The molecule has 0 N–H and O–H groups in total. The van der Waals surface area contributed by atoms with Crippen LogP contribution in [0.4, 0.5) is 4.39 Å². The van der Waals surface area contributed by atoms with E-state index in [1.54, 1.807) is 6.08 Å². The highest BCUT2D eigenvalue weighted by Crippen LogP contribution is 2.05. The molecule has 1 rings (SSSR count). The smallest absolute Gasteiger partial charge is 0.173 e. The van der Waals surface area contributed by atoms with Gasteiger partial charge in [0.2, 0.25) is 0 Å². The third-order valence-electron chi connectivity index (χ3n) is 1.09. The van der Waals surface area contributed by atoms with Gasteiger partial charge in [-0.15, -0.1) is 0 Å². The number of halogens is 1. The molecule has 0 aromatic rings. The predicted molar refractivity (Wildman–Crippen MR) is 35.3 cm³/mol. The molecule has 0 bridgehead atoms. The minimum absolute atomic E-state index is 0.341. The van der Waals surface area contributed by atoms with E-state index in [2.05, 4.69) is 11.8 Å². The molecular weight excluding hydrogens is 115 g/mol. The van der Waals surface area contributed by atoms with Crippen LogP contribution in [0.15, 0.2) is 23.6 Å². The molecule has 0 spiro atoms. The quantitative estimate of drug-likeness (QED) is 0.432. The summed E-state index contributed by atoms with van der Waals surface area (Å²) in [6.07, 6.45) is 3.82. The Hall–Kier alpha value is -1.03. The van der Waals surface area contributed by atoms with Gasteiger partial charge >= 0.3 is 0 Å². The van der Waals surface area contributed by atoms with Gasteiger partial charge < -0.3 is 0 Å². The Morgan fingerprint density at radius 3 is 3.11 bits per heavy atom. The highest BCUT2D eigenvalue weighted by atomic mass is 19.1. The van der Waals surface area contributed by atoms with E-state index in [4.69, 9.17) is 0 Å². The molecule has 1 heteroatoms. The largest absolute Gasteiger partial charge is 0.197 e. The zero-order chi connectivity index (χ0) is 6.69. The van der Waals surface area contributed by atoms with Crippen molar-refractivity contribution < 1.29 is 4.39 Å². The molecule has 0 saturated carbocycles. The van der Waals surface area contributed by atoms with E-state index >= 15 is 0 Å². The van der Waals surface area contributed by atoms with Gasteiger partial charge in [-0.05, 0) is 18.9 Å². The highest BCUT2D eigenvalue weighted by Gasteiger charge is 1.90. The van der Waals surface area contributed by atoms with Crippen LogP contribution in [0.1, 0.15) is 13.3 Å². The number of hydrogen-bond donors (Lipinski definition) is 0. The lowest BCUT2D eigenvalue weighted by Crippen LogP contribution is -1.67. The van der Waals surface area contributed by atoms with Crippen LogP contribution in [0.25, 0.3) is 0 Å². The van der Waals surface area contributed by atoms with E-state index < -0.39 is 0 Å². The molecule has 0 aromatic carbocycles. The van der Waals surface area contributed by atoms with Crippen molar-refractivity contribution in [3.63, 3.8) is 0 Å². The molecule has 0 fully saturated rings. The average molecular weight is 122 g/mol. The summed E-state index contributed by atoms with van der Waals surface area (Å²) in [5.74, 6) is 4.71. The van der Waals surface area contributed by atoms with E-state index in [0.717, 1.165) is 5.57 Å². The third kappa shape index (κ3) is 1.73. The van der Waals surface area contributed by atoms with Crippen molar-refractivity contribution >= 4 is 0 Å². The van der Waals surface area contributed by atoms with E-state index in [1.165, 1.54) is 6.08 Å². The zero-order valence-electron chi connectivity index (χ0n) is 5.24. The van der Waals surface area contributed by atoms with Gasteiger partial charge in [0.15, 0.2) is 5.83 Å². The Morgan fingerprint density at radius 2 is 2.33 bits per heavy atom. The molecule has 0 radical (unpaired) electrons. The van der Waals surface area contributed by atoms with Gasteiger partial charge in [-0.3, -0.25) is 0 Å². The molecular formula is C8H7F. The molecule has 0 aromatic heterocycles. The van der Waals surface area contributed by atoms with E-state index in [-0.39, 0.29) is 5.83 Å². The maximum absolute atomic E-state index is 12.3. The Morgan fingerprint density at radius 1 is 1.56 bits per heavy atom. The second-order valence-electron chi connectivity index (χ2n) is 2.01. The van der Waals surface area contributed by atoms with E-state index in [9.17, 15) is 4.39 Å². The molecule has 1 aliphatic rings. The Labute approximate surface area is 54.1 Å². The van der Waals surface area contributed by atoms with Gasteiger partial charge in [-0.1, -0.05) is 17.6 Å². The molecule has 0 amide bonds. The van der Waals surface area contributed by atoms with Gasteiger partial charge in [-0.25, -0.2) is 0 Å². The Balaban J connectivity index is 2.86. The minimum Gasteiger partial charge on any atom is -0.197 e. The third-order valence-corrected chi connectivity index (χ3v) is 1.09. The van der Waals surface area contributed by atoms with Crippen LogP contribution in [0, 0.1) is 11.8 Å². The molecule has 0 unspecified atom stereocenters. The fraction of sp³-hybridized carbons (Fsp3) is 0.250. The first-order valence-electron chi connectivity index (χ1n) is 2.81. The average Bonchev–Trinajstić information content (AvgIpc) is 1.97. The van der Waals surface area contributed by atoms with Gasteiger partial charge in [0.25, 0.3) is 0 Å². The van der Waals surface area contributed by atoms with Gasteiger partial charge in [-0.2, -0.15) is 4.39 Å². The molecule has 1 aliphatic carbocycles. The van der Waals surface area contributed by atoms with E-state index in [1.807, 2.05) is 6.92 Å². The first-order chi connectivity index (χ1) is 4.29. The summed E-state index contributed by atoms with van der Waals surface area (Å²) < 4.78 is 12.3. The van der Waals surface area contributed by atoms with Crippen molar-refractivity contribution in [3.05, 3.63) is 23.6 Å². The standard InChI is InChI=1S/C8H7F/c1-7-3-2-4-8(9)6-5-7/h5-6H,3H2,1H3. The topological polar surface area (TPSA) is 0 Å². The van der Waals surface area contributed by atoms with Crippen molar-refractivity contribution in [2.75, 3.05) is 0 Å². The van der Waals surface area contributed by atoms with Crippen molar-refractivity contribution in [2.45, 2.75) is 13.3 Å². The van der Waals surface area contributed by atoms with Crippen molar-refractivity contribution in [2.24, 2.45) is 0 Å². The molecule has 9 heavy (non-hydrogen) atoms. The predicted octanol–water partition coefficient (Wildman–Crippen LogP) is 2.19.